The molecule has 108 valence electrons. The minimum atomic E-state index is -1.01. The Kier molecular flexibility index (Phi) is 3.93. The Bertz CT molecular complexity index is 712. The van der Waals surface area contributed by atoms with Gasteiger partial charge in [-0.15, -0.1) is 0 Å². The van der Waals surface area contributed by atoms with Crippen molar-refractivity contribution >= 4 is 17.3 Å². The van der Waals surface area contributed by atoms with Crippen LogP contribution < -0.4 is 5.32 Å². The Morgan fingerprint density at radius 1 is 1.19 bits per heavy atom. The van der Waals surface area contributed by atoms with Crippen LogP contribution in [0.4, 0.5) is 20.2 Å². The number of nitrogens with one attached hydrogen (secondary N) is 1. The number of benzene rings is 2. The first-order valence-corrected chi connectivity index (χ1v) is 5.90. The summed E-state index contributed by atoms with van der Waals surface area (Å²) in [6.45, 7) is 1.54. The lowest BCUT2D eigenvalue weighted by molar-refractivity contribution is -0.385. The van der Waals surface area contributed by atoms with Gasteiger partial charge in [0.15, 0.2) is 0 Å². The Morgan fingerprint density at radius 3 is 2.38 bits per heavy atom. The summed E-state index contributed by atoms with van der Waals surface area (Å²) in [5.74, 6) is -3.02. The monoisotopic (exact) mass is 292 g/mol. The Morgan fingerprint density at radius 2 is 1.81 bits per heavy atom. The minimum Gasteiger partial charge on any atom is -0.322 e. The third-order valence-electron chi connectivity index (χ3n) is 2.85. The van der Waals surface area contributed by atoms with E-state index < -0.39 is 28.0 Å². The van der Waals surface area contributed by atoms with Crippen LogP contribution >= 0.6 is 0 Å². The predicted molar refractivity (Wildman–Crippen MR) is 72.1 cm³/mol. The van der Waals surface area contributed by atoms with E-state index in [0.717, 1.165) is 24.3 Å². The molecule has 0 radical (unpaired) electrons. The van der Waals surface area contributed by atoms with Crippen LogP contribution in [0, 0.1) is 28.7 Å². The second-order valence-electron chi connectivity index (χ2n) is 4.31. The lowest BCUT2D eigenvalue weighted by Gasteiger charge is -2.07. The van der Waals surface area contributed by atoms with Gasteiger partial charge in [-0.1, -0.05) is 12.1 Å². The van der Waals surface area contributed by atoms with Crippen molar-refractivity contribution in [1.29, 1.82) is 0 Å². The number of nitrogens with zero attached hydrogens (tertiary/aromatic N) is 1. The van der Waals surface area contributed by atoms with Crippen molar-refractivity contribution in [2.45, 2.75) is 6.92 Å². The van der Waals surface area contributed by atoms with Crippen LogP contribution in [0.3, 0.4) is 0 Å². The van der Waals surface area contributed by atoms with Gasteiger partial charge in [-0.05, 0) is 25.1 Å². The number of nitro groups is 1. The molecule has 0 bridgehead atoms. The van der Waals surface area contributed by atoms with Gasteiger partial charge >= 0.3 is 0 Å². The molecule has 5 nitrogen and oxygen atoms in total. The summed E-state index contributed by atoms with van der Waals surface area (Å²) >= 11 is 0. The number of hydrogen-bond donors (Lipinski definition) is 1. The number of anilines is 1. The highest BCUT2D eigenvalue weighted by atomic mass is 19.1. The van der Waals surface area contributed by atoms with Crippen LogP contribution in [0.1, 0.15) is 15.9 Å². The standard InChI is InChI=1S/C14H10F2N2O3/c1-8-5-6-9(7-12(8)18(20)21)17-14(19)13-10(15)3-2-4-11(13)16/h2-7H,1H3,(H,17,19). The van der Waals surface area contributed by atoms with Crippen LogP contribution in [0.2, 0.25) is 0 Å². The summed E-state index contributed by atoms with van der Waals surface area (Å²) in [4.78, 5) is 22.1. The average Bonchev–Trinajstić information content (AvgIpc) is 2.40. The van der Waals surface area contributed by atoms with Crippen LogP contribution in [0.5, 0.6) is 0 Å². The third-order valence-corrected chi connectivity index (χ3v) is 2.85. The molecule has 0 saturated carbocycles. The largest absolute Gasteiger partial charge is 0.322 e. The SMILES string of the molecule is Cc1ccc(NC(=O)c2c(F)cccc2F)cc1[N+](=O)[O-]. The maximum Gasteiger partial charge on any atom is 0.274 e. The van der Waals surface area contributed by atoms with E-state index >= 15 is 0 Å². The highest BCUT2D eigenvalue weighted by Crippen LogP contribution is 2.23. The molecule has 2 rings (SSSR count). The molecular weight excluding hydrogens is 282 g/mol. The van der Waals surface area contributed by atoms with Gasteiger partial charge in [0.1, 0.15) is 17.2 Å². The van der Waals surface area contributed by atoms with Crippen molar-refractivity contribution in [1.82, 2.24) is 0 Å². The van der Waals surface area contributed by atoms with Crippen molar-refractivity contribution in [3.8, 4) is 0 Å². The Hall–Kier alpha value is -2.83. The molecule has 21 heavy (non-hydrogen) atoms. The molecule has 0 aromatic heterocycles. The topological polar surface area (TPSA) is 72.2 Å². The summed E-state index contributed by atoms with van der Waals surface area (Å²) in [5.41, 5.74) is -0.433. The van der Waals surface area contributed by atoms with Crippen molar-refractivity contribution in [2.75, 3.05) is 5.32 Å². The smallest absolute Gasteiger partial charge is 0.274 e. The van der Waals surface area contributed by atoms with Gasteiger partial charge in [-0.25, -0.2) is 8.78 Å². The number of rotatable bonds is 3. The molecule has 0 spiro atoms. The predicted octanol–water partition coefficient (Wildman–Crippen LogP) is 3.43. The summed E-state index contributed by atoms with van der Waals surface area (Å²) in [5, 5.41) is 13.0. The zero-order valence-electron chi connectivity index (χ0n) is 10.9. The zero-order valence-corrected chi connectivity index (χ0v) is 10.9. The lowest BCUT2D eigenvalue weighted by Crippen LogP contribution is -2.16. The molecule has 1 N–H and O–H groups in total. The van der Waals surface area contributed by atoms with Crippen LogP contribution in [0.25, 0.3) is 0 Å². The molecular formula is C14H10F2N2O3. The van der Waals surface area contributed by atoms with Crippen molar-refractivity contribution in [3.05, 3.63) is 69.3 Å². The molecule has 0 unspecified atom stereocenters. The van der Waals surface area contributed by atoms with E-state index in [2.05, 4.69) is 5.32 Å². The molecule has 2 aromatic rings. The Balaban J connectivity index is 2.32. The number of carbonyl (C=O) groups excluding carboxylic acids is 1. The molecule has 0 saturated heterocycles. The number of hydrogen-bond acceptors (Lipinski definition) is 3. The second-order valence-corrected chi connectivity index (χ2v) is 4.31. The molecule has 0 aliphatic heterocycles. The molecule has 0 atom stereocenters. The average molecular weight is 292 g/mol. The highest BCUT2D eigenvalue weighted by molar-refractivity contribution is 6.04. The summed E-state index contributed by atoms with van der Waals surface area (Å²) in [6, 6.07) is 7.03. The lowest BCUT2D eigenvalue weighted by atomic mass is 10.1. The normalized spacial score (nSPS) is 10.2. The molecule has 0 aliphatic carbocycles. The molecule has 0 heterocycles. The number of halogens is 2. The van der Waals surface area contributed by atoms with Gasteiger partial charge in [-0.3, -0.25) is 14.9 Å². The second kappa shape index (κ2) is 5.66. The first kappa shape index (κ1) is 14.6. The molecule has 1 amide bonds. The zero-order chi connectivity index (χ0) is 15.6. The third kappa shape index (κ3) is 3.02. The van der Waals surface area contributed by atoms with Crippen molar-refractivity contribution in [3.63, 3.8) is 0 Å². The number of nitro benzene ring substituents is 1. The maximum absolute atomic E-state index is 13.5. The van der Waals surface area contributed by atoms with Crippen LogP contribution in [0.15, 0.2) is 36.4 Å². The van der Waals surface area contributed by atoms with E-state index in [0.29, 0.717) is 5.56 Å². The van der Waals surface area contributed by atoms with E-state index in [-0.39, 0.29) is 11.4 Å². The van der Waals surface area contributed by atoms with Gasteiger partial charge in [0, 0.05) is 17.3 Å². The molecule has 7 heteroatoms. The van der Waals surface area contributed by atoms with E-state index in [4.69, 9.17) is 0 Å². The molecule has 2 aromatic carbocycles. The summed E-state index contributed by atoms with van der Waals surface area (Å²) < 4.78 is 26.9. The highest BCUT2D eigenvalue weighted by Gasteiger charge is 2.18. The fourth-order valence-electron chi connectivity index (χ4n) is 1.79. The van der Waals surface area contributed by atoms with E-state index in [1.165, 1.54) is 12.1 Å². The molecule has 0 fully saturated rings. The number of carbonyl (C=O) groups is 1. The fourth-order valence-corrected chi connectivity index (χ4v) is 1.79. The van der Waals surface area contributed by atoms with Gasteiger partial charge in [0.05, 0.1) is 4.92 Å². The molecule has 0 aliphatic rings. The van der Waals surface area contributed by atoms with E-state index in [1.54, 1.807) is 6.92 Å². The quantitative estimate of drug-likeness (QED) is 0.695. The van der Waals surface area contributed by atoms with Gasteiger partial charge in [0.25, 0.3) is 11.6 Å². The number of aryl methyl sites for hydroxylation is 1. The maximum atomic E-state index is 13.5. The van der Waals surface area contributed by atoms with E-state index in [9.17, 15) is 23.7 Å². The summed E-state index contributed by atoms with van der Waals surface area (Å²) in [6.07, 6.45) is 0. The van der Waals surface area contributed by atoms with Crippen LogP contribution in [-0.4, -0.2) is 10.8 Å². The number of amides is 1. The fraction of sp³-hybridized carbons (Fsp3) is 0.0714. The van der Waals surface area contributed by atoms with Gasteiger partial charge < -0.3 is 5.32 Å². The first-order valence-electron chi connectivity index (χ1n) is 5.90. The van der Waals surface area contributed by atoms with Crippen molar-refractivity contribution in [2.24, 2.45) is 0 Å². The first-order chi connectivity index (χ1) is 9.90. The van der Waals surface area contributed by atoms with E-state index in [1.807, 2.05) is 0 Å². The van der Waals surface area contributed by atoms with Gasteiger partial charge in [-0.2, -0.15) is 0 Å². The van der Waals surface area contributed by atoms with Crippen LogP contribution in [-0.2, 0) is 0 Å². The Labute approximate surface area is 118 Å². The van der Waals surface area contributed by atoms with Gasteiger partial charge in [0.2, 0.25) is 0 Å². The summed E-state index contributed by atoms with van der Waals surface area (Å²) in [7, 11) is 0. The van der Waals surface area contributed by atoms with Crippen molar-refractivity contribution < 1.29 is 18.5 Å². The minimum absolute atomic E-state index is 0.0833.